The first-order valence-electron chi connectivity index (χ1n) is 4.85. The van der Waals surface area contributed by atoms with E-state index in [4.69, 9.17) is 11.0 Å². The number of phenolic OH excluding ortho intramolecular Hbond substituents is 1. The molecule has 0 atom stereocenters. The fraction of sp³-hybridized carbons (Fsp3) is 0. The van der Waals surface area contributed by atoms with Crippen molar-refractivity contribution in [2.45, 2.75) is 0 Å². The number of non-ortho nitro benzene ring substituents is 1. The first-order chi connectivity index (χ1) is 9.27. The Bertz CT molecular complexity index is 688. The average Bonchev–Trinajstić information content (AvgIpc) is 2.36. The molecule has 0 aliphatic carbocycles. The topological polar surface area (TPSA) is 173 Å². The molecule has 10 heteroatoms. The van der Waals surface area contributed by atoms with Crippen molar-refractivity contribution in [2.75, 3.05) is 0 Å². The van der Waals surface area contributed by atoms with Crippen molar-refractivity contribution in [1.29, 1.82) is 5.26 Å². The standard InChI is InChI=1S/C10H6N4O6/c11-4-6(10(12)16)1-5-2-7(13(17)18)3-8(9(5)15)14(19)20/h1-3,15H,(H2,12,16)/b6-1+. The smallest absolute Gasteiger partial charge is 0.318 e. The zero-order valence-electron chi connectivity index (χ0n) is 9.64. The molecule has 0 aromatic heterocycles. The van der Waals surface area contributed by atoms with Crippen LogP contribution in [0.4, 0.5) is 11.4 Å². The van der Waals surface area contributed by atoms with Crippen LogP contribution >= 0.6 is 0 Å². The minimum absolute atomic E-state index is 0.429. The van der Waals surface area contributed by atoms with Crippen LogP contribution in [0.1, 0.15) is 5.56 Å². The van der Waals surface area contributed by atoms with Gasteiger partial charge in [-0.2, -0.15) is 5.26 Å². The SMILES string of the molecule is N#C/C(=C\c1cc([N+](=O)[O-])cc([N+](=O)[O-])c1O)C(N)=O. The summed E-state index contributed by atoms with van der Waals surface area (Å²) in [5.74, 6) is -2.05. The Balaban J connectivity index is 3.62. The Morgan fingerprint density at radius 3 is 2.35 bits per heavy atom. The van der Waals surface area contributed by atoms with Gasteiger partial charge in [-0.25, -0.2) is 0 Å². The van der Waals surface area contributed by atoms with Crippen LogP contribution in [-0.4, -0.2) is 20.9 Å². The molecule has 0 fully saturated rings. The molecule has 0 spiro atoms. The lowest BCUT2D eigenvalue weighted by molar-refractivity contribution is -0.394. The Morgan fingerprint density at radius 2 is 1.95 bits per heavy atom. The van der Waals surface area contributed by atoms with Crippen molar-refractivity contribution < 1.29 is 19.7 Å². The van der Waals surface area contributed by atoms with Crippen LogP contribution in [-0.2, 0) is 4.79 Å². The maximum atomic E-state index is 10.9. The second kappa shape index (κ2) is 5.44. The number of primary amides is 1. The minimum atomic E-state index is -1.14. The van der Waals surface area contributed by atoms with Crippen molar-refractivity contribution in [2.24, 2.45) is 5.73 Å². The van der Waals surface area contributed by atoms with Gasteiger partial charge in [-0.1, -0.05) is 0 Å². The van der Waals surface area contributed by atoms with Crippen molar-refractivity contribution in [3.8, 4) is 11.8 Å². The number of hydrogen-bond acceptors (Lipinski definition) is 7. The fourth-order valence-corrected chi connectivity index (χ4v) is 1.29. The highest BCUT2D eigenvalue weighted by Gasteiger charge is 2.23. The van der Waals surface area contributed by atoms with E-state index in [1.54, 1.807) is 0 Å². The van der Waals surface area contributed by atoms with Crippen LogP contribution < -0.4 is 5.73 Å². The summed E-state index contributed by atoms with van der Waals surface area (Å²) < 4.78 is 0. The van der Waals surface area contributed by atoms with E-state index in [1.807, 2.05) is 0 Å². The molecule has 0 unspecified atom stereocenters. The lowest BCUT2D eigenvalue weighted by Gasteiger charge is -2.01. The number of carbonyl (C=O) groups is 1. The van der Waals surface area contributed by atoms with Gasteiger partial charge < -0.3 is 10.8 Å². The average molecular weight is 278 g/mol. The molecule has 102 valence electrons. The number of rotatable bonds is 4. The van der Waals surface area contributed by atoms with Crippen LogP contribution in [0.3, 0.4) is 0 Å². The Hall–Kier alpha value is -3.48. The van der Waals surface area contributed by atoms with Gasteiger partial charge in [-0.05, 0) is 6.08 Å². The number of nitriles is 1. The summed E-state index contributed by atoms with van der Waals surface area (Å²) in [6, 6.07) is 2.75. The number of carbonyl (C=O) groups excluding carboxylic acids is 1. The lowest BCUT2D eigenvalue weighted by atomic mass is 10.1. The molecule has 0 heterocycles. The fourth-order valence-electron chi connectivity index (χ4n) is 1.29. The predicted octanol–water partition coefficient (Wildman–Crippen LogP) is 0.601. The maximum absolute atomic E-state index is 10.9. The van der Waals surface area contributed by atoms with E-state index in [-0.39, 0.29) is 0 Å². The van der Waals surface area contributed by atoms with Gasteiger partial charge in [0.25, 0.3) is 11.6 Å². The third kappa shape index (κ3) is 2.85. The highest BCUT2D eigenvalue weighted by atomic mass is 16.6. The summed E-state index contributed by atoms with van der Waals surface area (Å²) in [5.41, 5.74) is 2.21. The number of benzene rings is 1. The minimum Gasteiger partial charge on any atom is -0.502 e. The van der Waals surface area contributed by atoms with Crippen molar-refractivity contribution in [3.05, 3.63) is 43.5 Å². The van der Waals surface area contributed by atoms with Crippen LogP contribution in [0, 0.1) is 31.6 Å². The van der Waals surface area contributed by atoms with Crippen molar-refractivity contribution in [3.63, 3.8) is 0 Å². The normalized spacial score (nSPS) is 10.7. The first kappa shape index (κ1) is 14.6. The Kier molecular flexibility index (Phi) is 3.97. The third-order valence-corrected chi connectivity index (χ3v) is 2.20. The number of hydrogen-bond donors (Lipinski definition) is 2. The van der Waals surface area contributed by atoms with E-state index in [0.29, 0.717) is 6.07 Å². The van der Waals surface area contributed by atoms with Gasteiger partial charge in [0.05, 0.1) is 15.9 Å². The second-order valence-corrected chi connectivity index (χ2v) is 3.45. The lowest BCUT2D eigenvalue weighted by Crippen LogP contribution is -2.12. The number of aromatic hydroxyl groups is 1. The molecule has 10 nitrogen and oxygen atoms in total. The number of nitro groups is 2. The molecule has 1 aromatic rings. The molecular formula is C10H6N4O6. The van der Waals surface area contributed by atoms with Gasteiger partial charge in [-0.15, -0.1) is 0 Å². The van der Waals surface area contributed by atoms with E-state index < -0.39 is 44.0 Å². The Labute approximate surface area is 110 Å². The van der Waals surface area contributed by atoms with Gasteiger partial charge in [-0.3, -0.25) is 25.0 Å². The van der Waals surface area contributed by atoms with Crippen LogP contribution in [0.25, 0.3) is 6.08 Å². The summed E-state index contributed by atoms with van der Waals surface area (Å²) >= 11 is 0. The summed E-state index contributed by atoms with van der Waals surface area (Å²) in [6.07, 6.45) is 0.734. The van der Waals surface area contributed by atoms with Crippen molar-refractivity contribution in [1.82, 2.24) is 0 Å². The molecule has 3 N–H and O–H groups in total. The molecule has 0 bridgehead atoms. The van der Waals surface area contributed by atoms with E-state index in [0.717, 1.165) is 12.1 Å². The van der Waals surface area contributed by atoms with Crippen LogP contribution in [0.15, 0.2) is 17.7 Å². The summed E-state index contributed by atoms with van der Waals surface area (Å²) in [5, 5.41) is 39.6. The molecule has 1 amide bonds. The molecular weight excluding hydrogens is 272 g/mol. The first-order valence-corrected chi connectivity index (χ1v) is 4.85. The number of amides is 1. The van der Waals surface area contributed by atoms with E-state index in [1.165, 1.54) is 6.07 Å². The van der Waals surface area contributed by atoms with Gasteiger partial charge in [0.1, 0.15) is 11.6 Å². The summed E-state index contributed by atoms with van der Waals surface area (Å²) in [7, 11) is 0. The van der Waals surface area contributed by atoms with Gasteiger partial charge in [0.15, 0.2) is 0 Å². The largest absolute Gasteiger partial charge is 0.502 e. The molecule has 0 saturated heterocycles. The third-order valence-electron chi connectivity index (χ3n) is 2.20. The second-order valence-electron chi connectivity index (χ2n) is 3.45. The van der Waals surface area contributed by atoms with Crippen LogP contribution in [0.5, 0.6) is 5.75 Å². The highest BCUT2D eigenvalue weighted by molar-refractivity contribution is 6.01. The molecule has 1 rings (SSSR count). The number of phenols is 1. The summed E-state index contributed by atoms with van der Waals surface area (Å²) in [4.78, 5) is 30.3. The Morgan fingerprint density at radius 1 is 1.35 bits per heavy atom. The number of nitro benzene ring substituents is 2. The molecule has 0 aliphatic heterocycles. The van der Waals surface area contributed by atoms with Gasteiger partial charge in [0.2, 0.25) is 5.75 Å². The highest BCUT2D eigenvalue weighted by Crippen LogP contribution is 2.35. The van der Waals surface area contributed by atoms with E-state index in [9.17, 15) is 30.1 Å². The van der Waals surface area contributed by atoms with Gasteiger partial charge >= 0.3 is 5.69 Å². The predicted molar refractivity (Wildman–Crippen MR) is 64.2 cm³/mol. The maximum Gasteiger partial charge on any atom is 0.318 e. The monoisotopic (exact) mass is 278 g/mol. The van der Waals surface area contributed by atoms with Gasteiger partial charge in [0, 0.05) is 11.6 Å². The van der Waals surface area contributed by atoms with E-state index >= 15 is 0 Å². The number of nitrogens with two attached hydrogens (primary N) is 1. The van der Waals surface area contributed by atoms with Crippen LogP contribution in [0.2, 0.25) is 0 Å². The van der Waals surface area contributed by atoms with E-state index in [2.05, 4.69) is 0 Å². The molecule has 1 aromatic carbocycles. The van der Waals surface area contributed by atoms with Crippen molar-refractivity contribution >= 4 is 23.4 Å². The molecule has 0 radical (unpaired) electrons. The molecule has 0 aliphatic rings. The number of nitrogens with zero attached hydrogens (tertiary/aromatic N) is 3. The quantitative estimate of drug-likeness (QED) is 0.350. The summed E-state index contributed by atoms with van der Waals surface area (Å²) in [6.45, 7) is 0. The zero-order chi connectivity index (χ0) is 15.4. The zero-order valence-corrected chi connectivity index (χ0v) is 9.64. The molecule has 20 heavy (non-hydrogen) atoms. The molecule has 0 saturated carbocycles.